The number of nitrogen functional groups attached to an aromatic ring is 1. The Morgan fingerprint density at radius 3 is 2.74 bits per heavy atom. The second-order valence-corrected chi connectivity index (χ2v) is 5.33. The van der Waals surface area contributed by atoms with Gasteiger partial charge in [0.05, 0.1) is 27.7 Å². The predicted molar refractivity (Wildman–Crippen MR) is 81.0 cm³/mol. The lowest BCUT2D eigenvalue weighted by Crippen LogP contribution is -2.17. The number of hydrogen-bond donors (Lipinski definition) is 2. The SMILES string of the molecule is CC(CCc1ccco1)Nc1cc(Cl)c(Cl)cc1N. The molecular weight excluding hydrogens is 283 g/mol. The maximum absolute atomic E-state index is 5.99. The number of anilines is 2. The van der Waals surface area contributed by atoms with E-state index in [4.69, 9.17) is 33.4 Å². The first-order chi connectivity index (χ1) is 9.06. The van der Waals surface area contributed by atoms with Gasteiger partial charge >= 0.3 is 0 Å². The van der Waals surface area contributed by atoms with Gasteiger partial charge in [0.25, 0.3) is 0 Å². The molecule has 0 amide bonds. The molecule has 0 spiro atoms. The van der Waals surface area contributed by atoms with E-state index in [1.165, 1.54) is 0 Å². The molecule has 1 aromatic carbocycles. The maximum Gasteiger partial charge on any atom is 0.103 e. The summed E-state index contributed by atoms with van der Waals surface area (Å²) in [7, 11) is 0. The molecule has 2 rings (SSSR count). The van der Waals surface area contributed by atoms with Crippen LogP contribution in [0.2, 0.25) is 10.0 Å². The summed E-state index contributed by atoms with van der Waals surface area (Å²) in [5.74, 6) is 0.982. The molecule has 0 radical (unpaired) electrons. The second-order valence-electron chi connectivity index (χ2n) is 4.52. The van der Waals surface area contributed by atoms with Crippen LogP contribution < -0.4 is 11.1 Å². The van der Waals surface area contributed by atoms with Crippen LogP contribution >= 0.6 is 23.2 Å². The first kappa shape index (κ1) is 14.1. The van der Waals surface area contributed by atoms with Gasteiger partial charge in [0.15, 0.2) is 0 Å². The van der Waals surface area contributed by atoms with Crippen molar-refractivity contribution in [2.75, 3.05) is 11.1 Å². The third kappa shape index (κ3) is 3.82. The summed E-state index contributed by atoms with van der Waals surface area (Å²) in [6, 6.07) is 7.53. The quantitative estimate of drug-likeness (QED) is 0.793. The Balaban J connectivity index is 1.95. The van der Waals surface area contributed by atoms with E-state index in [1.807, 2.05) is 12.1 Å². The topological polar surface area (TPSA) is 51.2 Å². The smallest absolute Gasteiger partial charge is 0.103 e. The van der Waals surface area contributed by atoms with Crippen LogP contribution in [-0.2, 0) is 6.42 Å². The number of aryl methyl sites for hydroxylation is 1. The Hall–Kier alpha value is -1.32. The van der Waals surface area contributed by atoms with Crippen molar-refractivity contribution >= 4 is 34.6 Å². The summed E-state index contributed by atoms with van der Waals surface area (Å²) < 4.78 is 5.30. The largest absolute Gasteiger partial charge is 0.469 e. The van der Waals surface area contributed by atoms with Crippen molar-refractivity contribution in [3.8, 4) is 0 Å². The van der Waals surface area contributed by atoms with Crippen LogP contribution in [0.15, 0.2) is 34.9 Å². The maximum atomic E-state index is 5.99. The molecule has 0 fully saturated rings. The Labute approximate surface area is 122 Å². The van der Waals surface area contributed by atoms with Crippen LogP contribution in [0.4, 0.5) is 11.4 Å². The highest BCUT2D eigenvalue weighted by atomic mass is 35.5. The zero-order valence-electron chi connectivity index (χ0n) is 10.6. The van der Waals surface area contributed by atoms with Crippen molar-refractivity contribution in [1.82, 2.24) is 0 Å². The Morgan fingerprint density at radius 1 is 1.32 bits per heavy atom. The highest BCUT2D eigenvalue weighted by Gasteiger charge is 2.09. The number of nitrogens with two attached hydrogens (primary N) is 1. The van der Waals surface area contributed by atoms with Crippen molar-refractivity contribution in [1.29, 1.82) is 0 Å². The van der Waals surface area contributed by atoms with E-state index in [2.05, 4.69) is 12.2 Å². The summed E-state index contributed by atoms with van der Waals surface area (Å²) in [4.78, 5) is 0. The molecule has 19 heavy (non-hydrogen) atoms. The van der Waals surface area contributed by atoms with Crippen LogP contribution in [-0.4, -0.2) is 6.04 Å². The molecule has 0 saturated carbocycles. The van der Waals surface area contributed by atoms with E-state index < -0.39 is 0 Å². The van der Waals surface area contributed by atoms with Gasteiger partial charge in [-0.2, -0.15) is 0 Å². The van der Waals surface area contributed by atoms with Gasteiger partial charge in [0, 0.05) is 12.5 Å². The predicted octanol–water partition coefficient (Wildman–Crippen LogP) is 4.60. The van der Waals surface area contributed by atoms with Gasteiger partial charge in [-0.15, -0.1) is 0 Å². The minimum atomic E-state index is 0.254. The van der Waals surface area contributed by atoms with Crippen molar-refractivity contribution in [2.45, 2.75) is 25.8 Å². The lowest BCUT2D eigenvalue weighted by Gasteiger charge is -2.17. The van der Waals surface area contributed by atoms with Gasteiger partial charge in [0.1, 0.15) is 5.76 Å². The van der Waals surface area contributed by atoms with Gasteiger partial charge in [-0.1, -0.05) is 23.2 Å². The Bertz CT molecular complexity index is 541. The van der Waals surface area contributed by atoms with E-state index in [9.17, 15) is 0 Å². The molecule has 5 heteroatoms. The number of furan rings is 1. The number of nitrogens with one attached hydrogen (secondary N) is 1. The molecule has 1 heterocycles. The number of benzene rings is 1. The fourth-order valence-electron chi connectivity index (χ4n) is 1.84. The summed E-state index contributed by atoms with van der Waals surface area (Å²) in [6.07, 6.45) is 3.50. The monoisotopic (exact) mass is 298 g/mol. The fourth-order valence-corrected chi connectivity index (χ4v) is 2.17. The second kappa shape index (κ2) is 6.22. The zero-order chi connectivity index (χ0) is 13.8. The summed E-state index contributed by atoms with van der Waals surface area (Å²) in [5, 5.41) is 4.29. The minimum Gasteiger partial charge on any atom is -0.469 e. The highest BCUT2D eigenvalue weighted by Crippen LogP contribution is 2.31. The van der Waals surface area contributed by atoms with Crippen molar-refractivity contribution in [2.24, 2.45) is 0 Å². The number of hydrogen-bond acceptors (Lipinski definition) is 3. The molecule has 3 N–H and O–H groups in total. The molecule has 3 nitrogen and oxygen atoms in total. The molecule has 2 aromatic rings. The first-order valence-electron chi connectivity index (χ1n) is 6.09. The average Bonchev–Trinajstić information content (AvgIpc) is 2.86. The zero-order valence-corrected chi connectivity index (χ0v) is 12.1. The van der Waals surface area contributed by atoms with Gasteiger partial charge < -0.3 is 15.5 Å². The van der Waals surface area contributed by atoms with Crippen molar-refractivity contribution < 1.29 is 4.42 Å². The standard InChI is InChI=1S/C14H16Cl2N2O/c1-9(4-5-10-3-2-6-19-10)18-14-8-12(16)11(15)7-13(14)17/h2-3,6-9,18H,4-5,17H2,1H3. The highest BCUT2D eigenvalue weighted by molar-refractivity contribution is 6.42. The number of rotatable bonds is 5. The Kier molecular flexibility index (Phi) is 4.61. The molecule has 0 bridgehead atoms. The molecule has 102 valence electrons. The molecule has 0 aliphatic rings. The molecular formula is C14H16Cl2N2O. The lowest BCUT2D eigenvalue weighted by atomic mass is 10.1. The van der Waals surface area contributed by atoms with Gasteiger partial charge in [-0.05, 0) is 37.6 Å². The van der Waals surface area contributed by atoms with E-state index in [0.717, 1.165) is 24.3 Å². The lowest BCUT2D eigenvalue weighted by molar-refractivity contribution is 0.495. The summed E-state index contributed by atoms with van der Waals surface area (Å²) >= 11 is 11.9. The molecule has 0 aliphatic carbocycles. The van der Waals surface area contributed by atoms with Crippen LogP contribution in [0.5, 0.6) is 0 Å². The van der Waals surface area contributed by atoms with Gasteiger partial charge in [-0.3, -0.25) is 0 Å². The summed E-state index contributed by atoms with van der Waals surface area (Å²) in [6.45, 7) is 2.09. The molecule has 1 atom stereocenters. The van der Waals surface area contributed by atoms with E-state index >= 15 is 0 Å². The van der Waals surface area contributed by atoms with Gasteiger partial charge in [0.2, 0.25) is 0 Å². The minimum absolute atomic E-state index is 0.254. The van der Waals surface area contributed by atoms with Gasteiger partial charge in [-0.25, -0.2) is 0 Å². The van der Waals surface area contributed by atoms with Crippen LogP contribution in [0, 0.1) is 0 Å². The third-order valence-corrected chi connectivity index (χ3v) is 3.62. The van der Waals surface area contributed by atoms with Crippen LogP contribution in [0.1, 0.15) is 19.1 Å². The van der Waals surface area contributed by atoms with E-state index in [1.54, 1.807) is 18.4 Å². The molecule has 0 aliphatic heterocycles. The molecule has 1 aromatic heterocycles. The average molecular weight is 299 g/mol. The summed E-state index contributed by atoms with van der Waals surface area (Å²) in [5.41, 5.74) is 7.31. The normalized spacial score (nSPS) is 12.4. The third-order valence-electron chi connectivity index (χ3n) is 2.90. The Morgan fingerprint density at radius 2 is 2.05 bits per heavy atom. The van der Waals surface area contributed by atoms with Crippen LogP contribution in [0.25, 0.3) is 0 Å². The van der Waals surface area contributed by atoms with E-state index in [-0.39, 0.29) is 6.04 Å². The molecule has 0 saturated heterocycles. The number of halogens is 2. The van der Waals surface area contributed by atoms with Crippen molar-refractivity contribution in [3.63, 3.8) is 0 Å². The fraction of sp³-hybridized carbons (Fsp3) is 0.286. The first-order valence-corrected chi connectivity index (χ1v) is 6.85. The van der Waals surface area contributed by atoms with E-state index in [0.29, 0.717) is 15.7 Å². The van der Waals surface area contributed by atoms with Crippen molar-refractivity contribution in [3.05, 3.63) is 46.3 Å². The molecule has 1 unspecified atom stereocenters. The van der Waals surface area contributed by atoms with Crippen LogP contribution in [0.3, 0.4) is 0 Å².